The number of nitrogens with zero attached hydrogens (tertiary/aromatic N) is 2. The molecule has 2 aliphatic rings. The second-order valence-electron chi connectivity index (χ2n) is 9.25. The lowest BCUT2D eigenvalue weighted by Gasteiger charge is -2.36. The van der Waals surface area contributed by atoms with Crippen molar-refractivity contribution in [2.45, 2.75) is 50.4 Å². The number of aromatic nitrogens is 1. The summed E-state index contributed by atoms with van der Waals surface area (Å²) < 4.78 is 11.5. The van der Waals surface area contributed by atoms with Gasteiger partial charge in [0.15, 0.2) is 0 Å². The van der Waals surface area contributed by atoms with Crippen LogP contribution in [0.4, 0.5) is 0 Å². The maximum absolute atomic E-state index is 12.7. The van der Waals surface area contributed by atoms with Crippen molar-refractivity contribution in [2.24, 2.45) is 0 Å². The van der Waals surface area contributed by atoms with Crippen LogP contribution in [-0.4, -0.2) is 48.1 Å². The van der Waals surface area contributed by atoms with Crippen LogP contribution in [0.15, 0.2) is 66.9 Å². The predicted molar refractivity (Wildman–Crippen MR) is 132 cm³/mol. The maximum atomic E-state index is 12.7. The van der Waals surface area contributed by atoms with E-state index in [1.165, 1.54) is 12.8 Å². The fraction of sp³-hybridized carbons (Fsp3) is 0.357. The Hall–Kier alpha value is -3.38. The number of nitrogens with one attached hydrogen (secondary N) is 1. The van der Waals surface area contributed by atoms with E-state index in [4.69, 9.17) is 9.47 Å². The minimum Gasteiger partial charge on any atom is -0.497 e. The van der Waals surface area contributed by atoms with Crippen molar-refractivity contribution in [1.82, 2.24) is 15.2 Å². The zero-order chi connectivity index (χ0) is 23.5. The van der Waals surface area contributed by atoms with E-state index in [1.807, 2.05) is 54.6 Å². The summed E-state index contributed by atoms with van der Waals surface area (Å²) in [6, 6.07) is 20.7. The summed E-state index contributed by atoms with van der Waals surface area (Å²) in [5.74, 6) is 1.53. The van der Waals surface area contributed by atoms with Gasteiger partial charge in [-0.15, -0.1) is 0 Å². The monoisotopic (exact) mass is 457 g/mol. The first-order valence-corrected chi connectivity index (χ1v) is 12.0. The van der Waals surface area contributed by atoms with E-state index in [0.29, 0.717) is 24.2 Å². The number of rotatable bonds is 7. The molecule has 2 aromatic carbocycles. The van der Waals surface area contributed by atoms with Gasteiger partial charge >= 0.3 is 0 Å². The van der Waals surface area contributed by atoms with Crippen LogP contribution in [-0.2, 0) is 6.54 Å². The van der Waals surface area contributed by atoms with Crippen molar-refractivity contribution < 1.29 is 14.3 Å². The van der Waals surface area contributed by atoms with E-state index >= 15 is 0 Å². The van der Waals surface area contributed by atoms with Gasteiger partial charge in [-0.2, -0.15) is 0 Å². The lowest BCUT2D eigenvalue weighted by atomic mass is 10.0. The summed E-state index contributed by atoms with van der Waals surface area (Å²) in [4.78, 5) is 19.6. The molecule has 2 aliphatic heterocycles. The highest BCUT2D eigenvalue weighted by atomic mass is 16.5. The average Bonchev–Trinajstić information content (AvgIpc) is 3.07. The first-order chi connectivity index (χ1) is 16.6. The molecule has 1 amide bonds. The van der Waals surface area contributed by atoms with Gasteiger partial charge < -0.3 is 19.7 Å². The van der Waals surface area contributed by atoms with Crippen molar-refractivity contribution >= 4 is 5.91 Å². The number of amides is 1. The van der Waals surface area contributed by atoms with Gasteiger partial charge in [0.1, 0.15) is 17.6 Å². The van der Waals surface area contributed by atoms with Gasteiger partial charge in [0, 0.05) is 30.4 Å². The van der Waals surface area contributed by atoms with Crippen molar-refractivity contribution in [3.05, 3.63) is 78.0 Å². The summed E-state index contributed by atoms with van der Waals surface area (Å²) in [5, 5.41) is 2.99. The summed E-state index contributed by atoms with van der Waals surface area (Å²) in [6.07, 6.45) is 6.63. The summed E-state index contributed by atoms with van der Waals surface area (Å²) >= 11 is 0. The molecule has 6 heteroatoms. The van der Waals surface area contributed by atoms with Crippen LogP contribution in [0.2, 0.25) is 0 Å². The van der Waals surface area contributed by atoms with Crippen LogP contribution in [0.25, 0.3) is 11.3 Å². The molecule has 2 atom stereocenters. The summed E-state index contributed by atoms with van der Waals surface area (Å²) in [5.41, 5.74) is 3.34. The molecule has 3 heterocycles. The minimum absolute atomic E-state index is 0.146. The van der Waals surface area contributed by atoms with Crippen LogP contribution < -0.4 is 14.8 Å². The Morgan fingerprint density at radius 3 is 2.47 bits per heavy atom. The standard InChI is InChI=1S/C28H31N3O3/c1-31-22-9-10-23(31)16-26(15-22)34-25-5-3-4-19(14-25)17-30-28(32)21-8-13-27(29-18-21)20-6-11-24(33-2)12-7-20/h3-8,11-14,18,22-23,26H,9-10,15-17H2,1-2H3,(H,30,32)/t22-,23-/m0/s1. The lowest BCUT2D eigenvalue weighted by molar-refractivity contribution is 0.0661. The van der Waals surface area contributed by atoms with Crippen LogP contribution >= 0.6 is 0 Å². The predicted octanol–water partition coefficient (Wildman–Crippen LogP) is 4.69. The van der Waals surface area contributed by atoms with E-state index in [2.05, 4.69) is 22.2 Å². The third-order valence-electron chi connectivity index (χ3n) is 7.12. The largest absolute Gasteiger partial charge is 0.497 e. The summed E-state index contributed by atoms with van der Waals surface area (Å²) in [7, 11) is 3.88. The lowest BCUT2D eigenvalue weighted by Crippen LogP contribution is -2.43. The topological polar surface area (TPSA) is 63.7 Å². The normalized spacial score (nSPS) is 21.8. The highest BCUT2D eigenvalue weighted by Gasteiger charge is 2.39. The number of piperidine rings is 1. The average molecular weight is 458 g/mol. The quantitative estimate of drug-likeness (QED) is 0.558. The molecule has 0 spiro atoms. The number of methoxy groups -OCH3 is 1. The van der Waals surface area contributed by atoms with Gasteiger partial charge in [0.05, 0.1) is 18.4 Å². The Balaban J connectivity index is 1.16. The molecule has 0 saturated carbocycles. The van der Waals surface area contributed by atoms with Crippen molar-refractivity contribution in [1.29, 1.82) is 0 Å². The Bertz CT molecular complexity index is 1120. The third-order valence-corrected chi connectivity index (χ3v) is 7.12. The van der Waals surface area contributed by atoms with Crippen LogP contribution in [0.1, 0.15) is 41.6 Å². The zero-order valence-electron chi connectivity index (χ0n) is 19.7. The number of carbonyl (C=O) groups excluding carboxylic acids is 1. The molecule has 2 fully saturated rings. The second kappa shape index (κ2) is 9.85. The smallest absolute Gasteiger partial charge is 0.253 e. The van der Waals surface area contributed by atoms with Gasteiger partial charge in [-0.05, 0) is 86.8 Å². The Labute approximate surface area is 200 Å². The Morgan fingerprint density at radius 1 is 1.03 bits per heavy atom. The first-order valence-electron chi connectivity index (χ1n) is 12.0. The number of benzene rings is 2. The van der Waals surface area contributed by atoms with Crippen molar-refractivity contribution in [2.75, 3.05) is 14.2 Å². The van der Waals surface area contributed by atoms with E-state index in [9.17, 15) is 4.79 Å². The SMILES string of the molecule is COc1ccc(-c2ccc(C(=O)NCc3cccc(OC4C[C@@H]5CC[C@@H](C4)N5C)c3)cn2)cc1. The van der Waals surface area contributed by atoms with Gasteiger partial charge in [-0.25, -0.2) is 0 Å². The van der Waals surface area contributed by atoms with Crippen molar-refractivity contribution in [3.8, 4) is 22.8 Å². The highest BCUT2D eigenvalue weighted by molar-refractivity contribution is 5.94. The van der Waals surface area contributed by atoms with Crippen LogP contribution in [0.5, 0.6) is 11.5 Å². The first kappa shape index (κ1) is 22.4. The zero-order valence-corrected chi connectivity index (χ0v) is 19.7. The number of hydrogen-bond acceptors (Lipinski definition) is 5. The second-order valence-corrected chi connectivity index (χ2v) is 9.25. The summed E-state index contributed by atoms with van der Waals surface area (Å²) in [6.45, 7) is 0.439. The van der Waals surface area contributed by atoms with Gasteiger partial charge in [-0.3, -0.25) is 9.78 Å². The molecule has 3 aromatic rings. The van der Waals surface area contributed by atoms with Crippen molar-refractivity contribution in [3.63, 3.8) is 0 Å². The molecular formula is C28H31N3O3. The van der Waals surface area contributed by atoms with Gasteiger partial charge in [0.2, 0.25) is 0 Å². The molecule has 1 aromatic heterocycles. The van der Waals surface area contributed by atoms with Gasteiger partial charge in [0.25, 0.3) is 5.91 Å². The molecule has 1 N–H and O–H groups in total. The molecule has 0 unspecified atom stereocenters. The molecule has 2 bridgehead atoms. The number of hydrogen-bond donors (Lipinski definition) is 1. The Kier molecular flexibility index (Phi) is 6.50. The fourth-order valence-electron chi connectivity index (χ4n) is 5.12. The maximum Gasteiger partial charge on any atom is 0.253 e. The number of ether oxygens (including phenoxy) is 2. The number of carbonyl (C=O) groups is 1. The molecule has 6 nitrogen and oxygen atoms in total. The number of fused-ring (bicyclic) bond motifs is 2. The minimum atomic E-state index is -0.146. The highest BCUT2D eigenvalue weighted by Crippen LogP contribution is 2.36. The third kappa shape index (κ3) is 4.92. The molecule has 2 saturated heterocycles. The van der Waals surface area contributed by atoms with E-state index in [0.717, 1.165) is 41.2 Å². The Morgan fingerprint density at radius 2 is 1.79 bits per heavy atom. The molecule has 5 rings (SSSR count). The molecule has 0 radical (unpaired) electrons. The number of pyridine rings is 1. The van der Waals surface area contributed by atoms with E-state index in [-0.39, 0.29) is 12.0 Å². The van der Waals surface area contributed by atoms with E-state index in [1.54, 1.807) is 19.4 Å². The molecule has 176 valence electrons. The molecular weight excluding hydrogens is 426 g/mol. The molecule has 0 aliphatic carbocycles. The van der Waals surface area contributed by atoms with Gasteiger partial charge in [-0.1, -0.05) is 12.1 Å². The fourth-order valence-corrected chi connectivity index (χ4v) is 5.12. The van der Waals surface area contributed by atoms with Crippen LogP contribution in [0.3, 0.4) is 0 Å². The van der Waals surface area contributed by atoms with Crippen LogP contribution in [0, 0.1) is 0 Å². The van der Waals surface area contributed by atoms with E-state index < -0.39 is 0 Å². The molecule has 34 heavy (non-hydrogen) atoms.